The number of imidazole rings is 1. The summed E-state index contributed by atoms with van der Waals surface area (Å²) < 4.78 is 5.21. The van der Waals surface area contributed by atoms with E-state index in [0.29, 0.717) is 0 Å². The first kappa shape index (κ1) is 13.3. The van der Waals surface area contributed by atoms with Crippen LogP contribution in [0.1, 0.15) is 42.6 Å². The van der Waals surface area contributed by atoms with E-state index in [9.17, 15) is 4.79 Å². The molecule has 2 aromatic rings. The van der Waals surface area contributed by atoms with Crippen LogP contribution < -0.4 is 0 Å². The van der Waals surface area contributed by atoms with Gasteiger partial charge in [-0.15, -0.1) is 0 Å². The molecule has 1 aromatic heterocycles. The van der Waals surface area contributed by atoms with Gasteiger partial charge in [-0.2, -0.15) is 0 Å². The number of aromatic amines is 1. The molecule has 2 rings (SSSR count). The number of H-pyrrole nitrogens is 1. The Morgan fingerprint density at radius 1 is 1.26 bits per heavy atom. The van der Waals surface area contributed by atoms with Gasteiger partial charge in [0.1, 0.15) is 6.61 Å². The second kappa shape index (κ2) is 5.26. The van der Waals surface area contributed by atoms with Gasteiger partial charge in [0, 0.05) is 17.3 Å². The van der Waals surface area contributed by atoms with Crippen molar-refractivity contribution in [2.75, 3.05) is 0 Å². The Bertz CT molecular complexity index is 553. The van der Waals surface area contributed by atoms with E-state index in [2.05, 4.69) is 30.7 Å². The lowest BCUT2D eigenvalue weighted by atomic mass is 9.93. The summed E-state index contributed by atoms with van der Waals surface area (Å²) in [5, 5.41) is 0. The number of aromatic nitrogens is 2. The summed E-state index contributed by atoms with van der Waals surface area (Å²) in [6, 6.07) is 9.57. The first-order chi connectivity index (χ1) is 8.97. The molecule has 1 aromatic carbocycles. The van der Waals surface area contributed by atoms with E-state index in [1.165, 1.54) is 0 Å². The summed E-state index contributed by atoms with van der Waals surface area (Å²) in [5.74, 6) is -0.180. The molecule has 0 saturated carbocycles. The normalized spacial score (nSPS) is 11.3. The van der Waals surface area contributed by atoms with E-state index in [0.717, 1.165) is 11.3 Å². The molecule has 0 amide bonds. The molecule has 4 nitrogen and oxygen atoms in total. The third kappa shape index (κ3) is 3.44. The molecule has 1 N–H and O–H groups in total. The summed E-state index contributed by atoms with van der Waals surface area (Å²) in [4.78, 5) is 18.9. The van der Waals surface area contributed by atoms with Crippen molar-refractivity contribution in [2.24, 2.45) is 0 Å². The standard InChI is InChI=1S/C15H18N2O2/c1-15(2,3)12-9-16-13(17-12)14(18)19-10-11-7-5-4-6-8-11/h4-9H,10H2,1-3H3,(H,16,17). The van der Waals surface area contributed by atoms with Crippen LogP contribution in [0.4, 0.5) is 0 Å². The van der Waals surface area contributed by atoms with Crippen molar-refractivity contribution in [2.45, 2.75) is 32.8 Å². The maximum absolute atomic E-state index is 11.8. The number of ether oxygens (including phenoxy) is 1. The Labute approximate surface area is 112 Å². The SMILES string of the molecule is CC(C)(C)c1cnc(C(=O)OCc2ccccc2)[nH]1. The Morgan fingerprint density at radius 2 is 1.95 bits per heavy atom. The monoisotopic (exact) mass is 258 g/mol. The van der Waals surface area contributed by atoms with Gasteiger partial charge >= 0.3 is 5.97 Å². The number of hydrogen-bond acceptors (Lipinski definition) is 3. The molecule has 0 spiro atoms. The van der Waals surface area contributed by atoms with Crippen molar-refractivity contribution in [3.63, 3.8) is 0 Å². The third-order valence-electron chi connectivity index (χ3n) is 2.79. The van der Waals surface area contributed by atoms with Crippen LogP contribution in [0.25, 0.3) is 0 Å². The van der Waals surface area contributed by atoms with Crippen molar-refractivity contribution < 1.29 is 9.53 Å². The van der Waals surface area contributed by atoms with Crippen LogP contribution in [0.2, 0.25) is 0 Å². The fraction of sp³-hybridized carbons (Fsp3) is 0.333. The zero-order chi connectivity index (χ0) is 13.9. The van der Waals surface area contributed by atoms with Gasteiger partial charge in [-0.05, 0) is 5.56 Å². The average molecular weight is 258 g/mol. The largest absolute Gasteiger partial charge is 0.455 e. The van der Waals surface area contributed by atoms with Crippen molar-refractivity contribution >= 4 is 5.97 Å². The van der Waals surface area contributed by atoms with Crippen LogP contribution >= 0.6 is 0 Å². The fourth-order valence-electron chi connectivity index (χ4n) is 1.60. The lowest BCUT2D eigenvalue weighted by Crippen LogP contribution is -2.13. The maximum atomic E-state index is 11.8. The minimum absolute atomic E-state index is 0.0645. The molecule has 0 aliphatic heterocycles. The van der Waals surface area contributed by atoms with Crippen LogP contribution in [0.15, 0.2) is 36.5 Å². The Balaban J connectivity index is 1.99. The summed E-state index contributed by atoms with van der Waals surface area (Å²) >= 11 is 0. The van der Waals surface area contributed by atoms with Crippen molar-refractivity contribution in [3.8, 4) is 0 Å². The van der Waals surface area contributed by atoms with Gasteiger partial charge in [0.15, 0.2) is 0 Å². The van der Waals surface area contributed by atoms with Crippen LogP contribution in [0, 0.1) is 0 Å². The zero-order valence-electron chi connectivity index (χ0n) is 11.4. The van der Waals surface area contributed by atoms with Crippen LogP contribution in [-0.2, 0) is 16.8 Å². The number of esters is 1. The molecule has 4 heteroatoms. The van der Waals surface area contributed by atoms with E-state index in [1.54, 1.807) is 6.20 Å². The smallest absolute Gasteiger partial charge is 0.374 e. The van der Waals surface area contributed by atoms with Crippen molar-refractivity contribution in [3.05, 3.63) is 53.6 Å². The summed E-state index contributed by atoms with van der Waals surface area (Å²) in [6.07, 6.45) is 1.68. The highest BCUT2D eigenvalue weighted by Gasteiger charge is 2.19. The van der Waals surface area contributed by atoms with Crippen LogP contribution in [-0.4, -0.2) is 15.9 Å². The van der Waals surface area contributed by atoms with Crippen LogP contribution in [0.3, 0.4) is 0 Å². The first-order valence-corrected chi connectivity index (χ1v) is 6.23. The fourth-order valence-corrected chi connectivity index (χ4v) is 1.60. The second-order valence-corrected chi connectivity index (χ2v) is 5.46. The van der Waals surface area contributed by atoms with Crippen molar-refractivity contribution in [1.29, 1.82) is 0 Å². The molecule has 0 unspecified atom stereocenters. The topological polar surface area (TPSA) is 55.0 Å². The number of hydrogen-bond donors (Lipinski definition) is 1. The molecule has 0 fully saturated rings. The zero-order valence-corrected chi connectivity index (χ0v) is 11.4. The molecular formula is C15H18N2O2. The summed E-state index contributed by atoms with van der Waals surface area (Å²) in [7, 11) is 0. The number of benzene rings is 1. The molecule has 0 saturated heterocycles. The molecule has 1 heterocycles. The predicted octanol–water partition coefficient (Wildman–Crippen LogP) is 3.06. The van der Waals surface area contributed by atoms with Gasteiger partial charge in [0.2, 0.25) is 5.82 Å². The number of nitrogens with zero attached hydrogens (tertiary/aromatic N) is 1. The number of rotatable bonds is 3. The van der Waals surface area contributed by atoms with Gasteiger partial charge in [0.05, 0.1) is 0 Å². The quantitative estimate of drug-likeness (QED) is 0.861. The molecule has 0 radical (unpaired) electrons. The number of carbonyl (C=O) groups excluding carboxylic acids is 1. The van der Waals surface area contributed by atoms with E-state index in [1.807, 2.05) is 30.3 Å². The molecule has 0 aliphatic carbocycles. The number of carbonyl (C=O) groups is 1. The van der Waals surface area contributed by atoms with Gasteiger partial charge in [-0.1, -0.05) is 51.1 Å². The minimum atomic E-state index is -0.431. The van der Waals surface area contributed by atoms with Gasteiger partial charge in [-0.25, -0.2) is 9.78 Å². The maximum Gasteiger partial charge on any atom is 0.374 e. The van der Waals surface area contributed by atoms with Gasteiger partial charge in [-0.3, -0.25) is 0 Å². The predicted molar refractivity (Wildman–Crippen MR) is 72.8 cm³/mol. The molecule has 0 aliphatic rings. The molecule has 0 atom stereocenters. The second-order valence-electron chi connectivity index (χ2n) is 5.46. The van der Waals surface area contributed by atoms with Gasteiger partial charge in [0.25, 0.3) is 0 Å². The van der Waals surface area contributed by atoms with E-state index < -0.39 is 5.97 Å². The highest BCUT2D eigenvalue weighted by Crippen LogP contribution is 2.19. The van der Waals surface area contributed by atoms with Gasteiger partial charge < -0.3 is 9.72 Å². The number of nitrogens with one attached hydrogen (secondary N) is 1. The average Bonchev–Trinajstić information content (AvgIpc) is 2.87. The lowest BCUT2D eigenvalue weighted by molar-refractivity contribution is 0.0459. The molecular weight excluding hydrogens is 240 g/mol. The Hall–Kier alpha value is -2.10. The minimum Gasteiger partial charge on any atom is -0.455 e. The van der Waals surface area contributed by atoms with E-state index in [-0.39, 0.29) is 17.8 Å². The molecule has 19 heavy (non-hydrogen) atoms. The highest BCUT2D eigenvalue weighted by atomic mass is 16.5. The third-order valence-corrected chi connectivity index (χ3v) is 2.79. The first-order valence-electron chi connectivity index (χ1n) is 6.23. The highest BCUT2D eigenvalue weighted by molar-refractivity contribution is 5.85. The summed E-state index contributed by atoms with van der Waals surface area (Å²) in [5.41, 5.74) is 1.81. The summed E-state index contributed by atoms with van der Waals surface area (Å²) in [6.45, 7) is 6.42. The van der Waals surface area contributed by atoms with E-state index >= 15 is 0 Å². The Morgan fingerprint density at radius 3 is 2.53 bits per heavy atom. The lowest BCUT2D eigenvalue weighted by Gasteiger charge is -2.14. The van der Waals surface area contributed by atoms with E-state index in [4.69, 9.17) is 4.74 Å². The van der Waals surface area contributed by atoms with Crippen molar-refractivity contribution in [1.82, 2.24) is 9.97 Å². The molecule has 0 bridgehead atoms. The Kier molecular flexibility index (Phi) is 3.69. The van der Waals surface area contributed by atoms with Crippen LogP contribution in [0.5, 0.6) is 0 Å². The molecule has 100 valence electrons.